The summed E-state index contributed by atoms with van der Waals surface area (Å²) in [4.78, 5) is 44.7. The van der Waals surface area contributed by atoms with E-state index < -0.39 is 5.97 Å². The van der Waals surface area contributed by atoms with Gasteiger partial charge in [0.05, 0.1) is 5.39 Å². The molecule has 2 aromatic heterocycles. The van der Waals surface area contributed by atoms with Gasteiger partial charge in [0.2, 0.25) is 5.91 Å². The minimum Gasteiger partial charge on any atom is -0.453 e. The smallest absolute Gasteiger partial charge is 0.356 e. The second-order valence-electron chi connectivity index (χ2n) is 6.62. The van der Waals surface area contributed by atoms with Gasteiger partial charge in [0.15, 0.2) is 0 Å². The van der Waals surface area contributed by atoms with E-state index >= 15 is 0 Å². The van der Waals surface area contributed by atoms with E-state index in [0.717, 1.165) is 24.8 Å². The third kappa shape index (κ3) is 3.10. The number of fused-ring (bicyclic) bond motifs is 3. The van der Waals surface area contributed by atoms with Gasteiger partial charge in [0.1, 0.15) is 23.0 Å². The topological polar surface area (TPSA) is 113 Å². The number of H-pyrrole nitrogens is 1. The van der Waals surface area contributed by atoms with Crippen LogP contribution in [0.3, 0.4) is 0 Å². The van der Waals surface area contributed by atoms with Crippen LogP contribution in [0.4, 0.5) is 0 Å². The summed E-state index contributed by atoms with van der Waals surface area (Å²) < 4.78 is 5.18. The number of aromatic amines is 1. The van der Waals surface area contributed by atoms with Crippen molar-refractivity contribution in [3.05, 3.63) is 38.4 Å². The Morgan fingerprint density at radius 3 is 3.00 bits per heavy atom. The van der Waals surface area contributed by atoms with Crippen LogP contribution in [-0.2, 0) is 33.8 Å². The molecule has 0 unspecified atom stereocenters. The number of rotatable bonds is 3. The summed E-state index contributed by atoms with van der Waals surface area (Å²) >= 11 is 1.55. The first-order valence-electron chi connectivity index (χ1n) is 8.47. The fourth-order valence-electron chi connectivity index (χ4n) is 3.24. The Kier molecular flexibility index (Phi) is 4.23. The number of hydrogen-bond donors (Lipinski definition) is 3. The van der Waals surface area contributed by atoms with E-state index in [1.54, 1.807) is 11.3 Å². The lowest BCUT2D eigenvalue weighted by Crippen LogP contribution is -2.42. The van der Waals surface area contributed by atoms with Gasteiger partial charge in [0, 0.05) is 11.3 Å². The Morgan fingerprint density at radius 2 is 2.23 bits per heavy atom. The fourth-order valence-corrected chi connectivity index (χ4v) is 4.64. The first kappa shape index (κ1) is 16.8. The van der Waals surface area contributed by atoms with E-state index in [-0.39, 0.29) is 30.2 Å². The standard InChI is InChI=1S/C17H18N4O4S/c1-8-2-3-9-11(6-8)26-16-14(9)15(23)18-12(19-16)7-25-17(24)10-4-5-13(22)21-20-10/h4,8,20H,2-3,5-7H2,1H3,(H,21,22)(H,18,19,23)/t8-/m0/s1. The molecule has 1 aliphatic carbocycles. The molecule has 0 saturated carbocycles. The lowest BCUT2D eigenvalue weighted by Gasteiger charge is -2.17. The molecule has 0 radical (unpaired) electrons. The van der Waals surface area contributed by atoms with Crippen molar-refractivity contribution in [2.75, 3.05) is 0 Å². The van der Waals surface area contributed by atoms with Crippen LogP contribution < -0.4 is 16.4 Å². The highest BCUT2D eigenvalue weighted by molar-refractivity contribution is 7.18. The summed E-state index contributed by atoms with van der Waals surface area (Å²) in [6.45, 7) is 2.07. The van der Waals surface area contributed by atoms with Crippen LogP contribution in [0, 0.1) is 5.92 Å². The zero-order valence-electron chi connectivity index (χ0n) is 14.2. The molecule has 4 rings (SSSR count). The van der Waals surface area contributed by atoms with Crippen LogP contribution in [0.15, 0.2) is 16.6 Å². The molecule has 0 saturated heterocycles. The second-order valence-corrected chi connectivity index (χ2v) is 7.70. The molecule has 0 aromatic carbocycles. The number of aryl methyl sites for hydroxylation is 1. The van der Waals surface area contributed by atoms with Crippen molar-refractivity contribution in [3.8, 4) is 0 Å². The molecule has 3 heterocycles. The van der Waals surface area contributed by atoms with E-state index in [2.05, 4.69) is 27.7 Å². The number of thiophene rings is 1. The number of hydrogen-bond acceptors (Lipinski definition) is 7. The van der Waals surface area contributed by atoms with Gasteiger partial charge in [-0.25, -0.2) is 9.78 Å². The maximum Gasteiger partial charge on any atom is 0.356 e. The molecule has 1 aliphatic heterocycles. The molecule has 8 nitrogen and oxygen atoms in total. The molecule has 9 heteroatoms. The van der Waals surface area contributed by atoms with Crippen molar-refractivity contribution >= 4 is 33.4 Å². The molecule has 1 amide bonds. The van der Waals surface area contributed by atoms with Crippen LogP contribution in [0.25, 0.3) is 10.2 Å². The van der Waals surface area contributed by atoms with Crippen molar-refractivity contribution in [2.45, 2.75) is 39.2 Å². The van der Waals surface area contributed by atoms with Gasteiger partial charge in [0.25, 0.3) is 5.56 Å². The number of ether oxygens (including phenoxy) is 1. The van der Waals surface area contributed by atoms with Crippen LogP contribution >= 0.6 is 11.3 Å². The van der Waals surface area contributed by atoms with E-state index in [1.807, 2.05) is 0 Å². The summed E-state index contributed by atoms with van der Waals surface area (Å²) in [5.74, 6) is 0.0794. The molecule has 0 spiro atoms. The van der Waals surface area contributed by atoms with E-state index in [0.29, 0.717) is 22.0 Å². The predicted octanol–water partition coefficient (Wildman–Crippen LogP) is 1.06. The summed E-state index contributed by atoms with van der Waals surface area (Å²) in [6.07, 6.45) is 4.52. The first-order valence-corrected chi connectivity index (χ1v) is 9.28. The molecular formula is C17H18N4O4S. The third-order valence-corrected chi connectivity index (χ3v) is 5.75. The molecule has 2 aromatic rings. The Balaban J connectivity index is 1.53. The number of nitrogens with zero attached hydrogens (tertiary/aromatic N) is 1. The highest BCUT2D eigenvalue weighted by atomic mass is 32.1. The normalized spacial score (nSPS) is 19.3. The lowest BCUT2D eigenvalue weighted by atomic mass is 9.89. The summed E-state index contributed by atoms with van der Waals surface area (Å²) in [5, 5.41) is 0.673. The van der Waals surface area contributed by atoms with Crippen molar-refractivity contribution in [2.24, 2.45) is 5.92 Å². The van der Waals surface area contributed by atoms with Crippen molar-refractivity contribution in [1.82, 2.24) is 20.8 Å². The van der Waals surface area contributed by atoms with Crippen LogP contribution in [0.1, 0.15) is 36.0 Å². The molecule has 0 fully saturated rings. The van der Waals surface area contributed by atoms with Gasteiger partial charge in [-0.05, 0) is 36.8 Å². The van der Waals surface area contributed by atoms with E-state index in [9.17, 15) is 14.4 Å². The van der Waals surface area contributed by atoms with Gasteiger partial charge < -0.3 is 9.72 Å². The van der Waals surface area contributed by atoms with Crippen LogP contribution in [0.5, 0.6) is 0 Å². The van der Waals surface area contributed by atoms with E-state index in [4.69, 9.17) is 4.74 Å². The molecule has 26 heavy (non-hydrogen) atoms. The van der Waals surface area contributed by atoms with Gasteiger partial charge >= 0.3 is 5.97 Å². The average Bonchev–Trinajstić information content (AvgIpc) is 2.98. The summed E-state index contributed by atoms with van der Waals surface area (Å²) in [5.41, 5.74) is 5.92. The number of nitrogens with one attached hydrogen (secondary N) is 3. The molecule has 136 valence electrons. The van der Waals surface area contributed by atoms with Gasteiger partial charge in [-0.2, -0.15) is 0 Å². The molecular weight excluding hydrogens is 356 g/mol. The van der Waals surface area contributed by atoms with Gasteiger partial charge in [-0.3, -0.25) is 20.4 Å². The third-order valence-electron chi connectivity index (χ3n) is 4.60. The number of carbonyl (C=O) groups excluding carboxylic acids is 2. The van der Waals surface area contributed by atoms with Crippen molar-refractivity contribution in [3.63, 3.8) is 0 Å². The fraction of sp³-hybridized carbons (Fsp3) is 0.412. The maximum absolute atomic E-state index is 12.5. The van der Waals surface area contributed by atoms with Crippen LogP contribution in [0.2, 0.25) is 0 Å². The van der Waals surface area contributed by atoms with Gasteiger partial charge in [-0.1, -0.05) is 6.92 Å². The quantitative estimate of drug-likeness (QED) is 0.693. The Hall–Kier alpha value is -2.68. The average molecular weight is 374 g/mol. The maximum atomic E-state index is 12.5. The monoisotopic (exact) mass is 374 g/mol. The Bertz CT molecular complexity index is 991. The minimum atomic E-state index is -0.618. The molecule has 2 aliphatic rings. The van der Waals surface area contributed by atoms with Crippen LogP contribution in [-0.4, -0.2) is 21.8 Å². The highest BCUT2D eigenvalue weighted by Gasteiger charge is 2.23. The Morgan fingerprint density at radius 1 is 1.38 bits per heavy atom. The largest absolute Gasteiger partial charge is 0.453 e. The molecule has 3 N–H and O–H groups in total. The van der Waals surface area contributed by atoms with Crippen molar-refractivity contribution < 1.29 is 14.3 Å². The number of aromatic nitrogens is 2. The number of carbonyl (C=O) groups is 2. The molecule has 1 atom stereocenters. The lowest BCUT2D eigenvalue weighted by molar-refractivity contribution is -0.141. The minimum absolute atomic E-state index is 0.109. The number of esters is 1. The van der Waals surface area contributed by atoms with Gasteiger partial charge in [-0.15, -0.1) is 11.3 Å². The number of hydrazine groups is 1. The predicted molar refractivity (Wildman–Crippen MR) is 95.2 cm³/mol. The highest BCUT2D eigenvalue weighted by Crippen LogP contribution is 2.35. The molecule has 0 bridgehead atoms. The zero-order valence-corrected chi connectivity index (χ0v) is 15.0. The van der Waals surface area contributed by atoms with E-state index in [1.165, 1.54) is 11.0 Å². The number of amides is 1. The SMILES string of the molecule is C[C@H]1CCc2c(sc3nc(COC(=O)C4=CCC(=O)NN4)[nH]c(=O)c23)C1. The summed E-state index contributed by atoms with van der Waals surface area (Å²) in [7, 11) is 0. The zero-order chi connectivity index (χ0) is 18.3. The summed E-state index contributed by atoms with van der Waals surface area (Å²) in [6, 6.07) is 0. The first-order chi connectivity index (χ1) is 12.5. The van der Waals surface area contributed by atoms with Crippen molar-refractivity contribution in [1.29, 1.82) is 0 Å². The second kappa shape index (κ2) is 6.56. The Labute approximate surface area is 152 Å².